The minimum atomic E-state index is -4.48. The van der Waals surface area contributed by atoms with Crippen LogP contribution in [0.4, 0.5) is 13.2 Å². The molecule has 0 aliphatic carbocycles. The fourth-order valence-electron chi connectivity index (χ4n) is 1.26. The van der Waals surface area contributed by atoms with E-state index in [1.54, 1.807) is 0 Å². The van der Waals surface area contributed by atoms with Gasteiger partial charge in [-0.1, -0.05) is 12.1 Å². The lowest BCUT2D eigenvalue weighted by Gasteiger charge is -2.12. The number of allylic oxidation sites excluding steroid dienone is 1. The largest absolute Gasteiger partial charge is 0.496 e. The lowest BCUT2D eigenvalue weighted by atomic mass is 10.1. The summed E-state index contributed by atoms with van der Waals surface area (Å²) in [6, 6.07) is 3.62. The van der Waals surface area contributed by atoms with E-state index in [1.807, 2.05) is 0 Å². The normalized spacial score (nSPS) is 11.8. The molecule has 0 aliphatic rings. The molecule has 0 unspecified atom stereocenters. The first-order valence-corrected chi connectivity index (χ1v) is 4.78. The standard InChI is InChI=1S/C12H11F3O2/c1-8(16)3-4-9-5-6-11(17-2)10(7-9)12(13,14)15/h3-7H,1-2H3/b4-3+. The molecule has 0 N–H and O–H groups in total. The van der Waals surface area contributed by atoms with Crippen LogP contribution in [0.15, 0.2) is 24.3 Å². The third kappa shape index (κ3) is 3.62. The SMILES string of the molecule is COc1ccc(/C=C/C(C)=O)cc1C(F)(F)F. The molecule has 92 valence electrons. The average molecular weight is 244 g/mol. The van der Waals surface area contributed by atoms with Gasteiger partial charge in [0.2, 0.25) is 0 Å². The van der Waals surface area contributed by atoms with E-state index in [1.165, 1.54) is 38.3 Å². The molecule has 0 fully saturated rings. The number of hydrogen-bond acceptors (Lipinski definition) is 2. The van der Waals surface area contributed by atoms with Gasteiger partial charge in [0.1, 0.15) is 5.75 Å². The van der Waals surface area contributed by atoms with Crippen LogP contribution in [-0.2, 0) is 11.0 Å². The van der Waals surface area contributed by atoms with Gasteiger partial charge in [-0.05, 0) is 30.7 Å². The van der Waals surface area contributed by atoms with Gasteiger partial charge < -0.3 is 4.74 Å². The fraction of sp³-hybridized carbons (Fsp3) is 0.250. The number of carbonyl (C=O) groups excluding carboxylic acids is 1. The molecule has 0 bridgehead atoms. The first-order chi connectivity index (χ1) is 7.84. The topological polar surface area (TPSA) is 26.3 Å². The summed E-state index contributed by atoms with van der Waals surface area (Å²) in [4.78, 5) is 10.7. The van der Waals surface area contributed by atoms with Gasteiger partial charge in [-0.3, -0.25) is 4.79 Å². The zero-order valence-electron chi connectivity index (χ0n) is 9.34. The zero-order chi connectivity index (χ0) is 13.1. The highest BCUT2D eigenvalue weighted by Crippen LogP contribution is 2.36. The van der Waals surface area contributed by atoms with Crippen LogP contribution >= 0.6 is 0 Å². The van der Waals surface area contributed by atoms with Gasteiger partial charge in [-0.25, -0.2) is 0 Å². The average Bonchev–Trinajstić information content (AvgIpc) is 2.24. The summed E-state index contributed by atoms with van der Waals surface area (Å²) in [5.74, 6) is -0.466. The maximum absolute atomic E-state index is 12.6. The van der Waals surface area contributed by atoms with Crippen LogP contribution < -0.4 is 4.74 Å². The van der Waals surface area contributed by atoms with Crippen molar-refractivity contribution in [3.8, 4) is 5.75 Å². The summed E-state index contributed by atoms with van der Waals surface area (Å²) >= 11 is 0. The first kappa shape index (κ1) is 13.3. The number of rotatable bonds is 3. The molecule has 0 saturated carbocycles. The van der Waals surface area contributed by atoms with Crippen LogP contribution in [0.2, 0.25) is 0 Å². The second-order valence-electron chi connectivity index (χ2n) is 3.40. The first-order valence-electron chi connectivity index (χ1n) is 4.78. The number of alkyl halides is 3. The van der Waals surface area contributed by atoms with Gasteiger partial charge in [-0.2, -0.15) is 13.2 Å². The van der Waals surface area contributed by atoms with Gasteiger partial charge >= 0.3 is 6.18 Å². The van der Waals surface area contributed by atoms with E-state index in [0.717, 1.165) is 6.07 Å². The highest BCUT2D eigenvalue weighted by Gasteiger charge is 2.34. The minimum absolute atomic E-state index is 0.227. The van der Waals surface area contributed by atoms with E-state index in [2.05, 4.69) is 4.74 Å². The van der Waals surface area contributed by atoms with Crippen LogP contribution in [0.1, 0.15) is 18.1 Å². The van der Waals surface area contributed by atoms with Crippen LogP contribution in [-0.4, -0.2) is 12.9 Å². The van der Waals surface area contributed by atoms with Crippen molar-refractivity contribution in [1.29, 1.82) is 0 Å². The minimum Gasteiger partial charge on any atom is -0.496 e. The number of ether oxygens (including phenoxy) is 1. The quantitative estimate of drug-likeness (QED) is 0.762. The number of benzene rings is 1. The Hall–Kier alpha value is -1.78. The van der Waals surface area contributed by atoms with Crippen LogP contribution in [0, 0.1) is 0 Å². The predicted octanol–water partition coefficient (Wildman–Crippen LogP) is 3.32. The summed E-state index contributed by atoms with van der Waals surface area (Å²) in [5, 5.41) is 0. The Morgan fingerprint density at radius 1 is 1.35 bits per heavy atom. The van der Waals surface area contributed by atoms with Gasteiger partial charge in [0.15, 0.2) is 5.78 Å². The van der Waals surface area contributed by atoms with E-state index >= 15 is 0 Å². The monoisotopic (exact) mass is 244 g/mol. The molecule has 1 rings (SSSR count). The van der Waals surface area contributed by atoms with Gasteiger partial charge in [-0.15, -0.1) is 0 Å². The summed E-state index contributed by atoms with van der Waals surface area (Å²) < 4.78 is 42.6. The van der Waals surface area contributed by atoms with Crippen molar-refractivity contribution in [3.63, 3.8) is 0 Å². The number of halogens is 3. The van der Waals surface area contributed by atoms with Crippen molar-refractivity contribution in [2.24, 2.45) is 0 Å². The molecule has 0 atom stereocenters. The van der Waals surface area contributed by atoms with E-state index in [0.29, 0.717) is 5.56 Å². The second kappa shape index (κ2) is 5.03. The van der Waals surface area contributed by atoms with Crippen LogP contribution in [0.25, 0.3) is 6.08 Å². The van der Waals surface area contributed by atoms with E-state index in [-0.39, 0.29) is 11.5 Å². The van der Waals surface area contributed by atoms with E-state index in [9.17, 15) is 18.0 Å². The number of carbonyl (C=O) groups is 1. The Balaban J connectivity index is 3.18. The predicted molar refractivity (Wildman–Crippen MR) is 57.7 cm³/mol. The molecule has 5 heteroatoms. The smallest absolute Gasteiger partial charge is 0.419 e. The fourth-order valence-corrected chi connectivity index (χ4v) is 1.26. The van der Waals surface area contributed by atoms with Gasteiger partial charge in [0, 0.05) is 0 Å². The van der Waals surface area contributed by atoms with Crippen molar-refractivity contribution >= 4 is 11.9 Å². The molecule has 0 aliphatic heterocycles. The number of methoxy groups -OCH3 is 1. The van der Waals surface area contributed by atoms with Crippen LogP contribution in [0.3, 0.4) is 0 Å². The number of ketones is 1. The maximum Gasteiger partial charge on any atom is 0.419 e. The number of hydrogen-bond donors (Lipinski definition) is 0. The third-order valence-electron chi connectivity index (χ3n) is 2.04. The molecule has 0 radical (unpaired) electrons. The van der Waals surface area contributed by atoms with Crippen molar-refractivity contribution in [3.05, 3.63) is 35.4 Å². The molecular weight excluding hydrogens is 233 g/mol. The summed E-state index contributed by atoms with van der Waals surface area (Å²) in [6.07, 6.45) is -1.94. The molecule has 0 amide bonds. The van der Waals surface area contributed by atoms with Crippen molar-refractivity contribution in [2.45, 2.75) is 13.1 Å². The Bertz CT molecular complexity index is 448. The van der Waals surface area contributed by atoms with Gasteiger partial charge in [0.25, 0.3) is 0 Å². The summed E-state index contributed by atoms with van der Waals surface area (Å²) in [6.45, 7) is 1.32. The van der Waals surface area contributed by atoms with Crippen molar-refractivity contribution in [2.75, 3.05) is 7.11 Å². The molecule has 0 spiro atoms. The van der Waals surface area contributed by atoms with E-state index < -0.39 is 11.7 Å². The van der Waals surface area contributed by atoms with Crippen LogP contribution in [0.5, 0.6) is 5.75 Å². The van der Waals surface area contributed by atoms with E-state index in [4.69, 9.17) is 0 Å². The molecule has 1 aromatic rings. The maximum atomic E-state index is 12.6. The Labute approximate surface area is 96.7 Å². The summed E-state index contributed by atoms with van der Waals surface area (Å²) in [5.41, 5.74) is -0.556. The zero-order valence-corrected chi connectivity index (χ0v) is 9.34. The molecule has 1 aromatic carbocycles. The molecule has 0 saturated heterocycles. The molecule has 17 heavy (non-hydrogen) atoms. The Morgan fingerprint density at radius 3 is 2.47 bits per heavy atom. The Morgan fingerprint density at radius 2 is 2.00 bits per heavy atom. The lowest BCUT2D eigenvalue weighted by Crippen LogP contribution is -2.07. The Kier molecular flexibility index (Phi) is 3.93. The lowest BCUT2D eigenvalue weighted by molar-refractivity contribution is -0.138. The second-order valence-corrected chi connectivity index (χ2v) is 3.40. The summed E-state index contributed by atoms with van der Waals surface area (Å²) in [7, 11) is 1.18. The molecule has 2 nitrogen and oxygen atoms in total. The molecule has 0 aromatic heterocycles. The van der Waals surface area contributed by atoms with Crippen molar-refractivity contribution in [1.82, 2.24) is 0 Å². The highest BCUT2D eigenvalue weighted by atomic mass is 19.4. The van der Waals surface area contributed by atoms with Gasteiger partial charge in [0.05, 0.1) is 12.7 Å². The van der Waals surface area contributed by atoms with Crippen molar-refractivity contribution < 1.29 is 22.7 Å². The highest BCUT2D eigenvalue weighted by molar-refractivity contribution is 5.91. The molecule has 0 heterocycles. The third-order valence-corrected chi connectivity index (χ3v) is 2.04. The molecular formula is C12H11F3O2.